The largest absolute Gasteiger partial charge is 0.496 e. The van der Waals surface area contributed by atoms with Crippen LogP contribution in [0.1, 0.15) is 165 Å². The Morgan fingerprint density at radius 3 is 0.923 bits per heavy atom. The van der Waals surface area contributed by atoms with E-state index in [0.29, 0.717) is 88.4 Å². The number of esters is 4. The molecular formula is C84H130O16Si4. The van der Waals surface area contributed by atoms with Crippen molar-refractivity contribution in [3.63, 3.8) is 0 Å². The summed E-state index contributed by atoms with van der Waals surface area (Å²) < 4.78 is 75.2. The summed E-state index contributed by atoms with van der Waals surface area (Å²) in [5.74, 6) is 0.0755. The van der Waals surface area contributed by atoms with E-state index in [9.17, 15) is 19.2 Å². The zero-order chi connectivity index (χ0) is 78.1. The van der Waals surface area contributed by atoms with Crippen LogP contribution in [-0.2, 0) is 106 Å². The number of hydrogen-bond donors (Lipinski definition) is 0. The minimum Gasteiger partial charge on any atom is -0.496 e. The summed E-state index contributed by atoms with van der Waals surface area (Å²) in [7, 11) is -1.69. The molecule has 0 N–H and O–H groups in total. The molecule has 0 aliphatic heterocycles. The number of ether oxygens (including phenoxy) is 8. The van der Waals surface area contributed by atoms with Crippen LogP contribution in [0.15, 0.2) is 108 Å². The minimum absolute atomic E-state index is 0.0321. The quantitative estimate of drug-likeness (QED) is 0.0176. The van der Waals surface area contributed by atoms with Gasteiger partial charge in [0.15, 0.2) is 33.3 Å². The van der Waals surface area contributed by atoms with Gasteiger partial charge in [-0.15, -0.1) is 0 Å². The Labute approximate surface area is 630 Å². The zero-order valence-electron chi connectivity index (χ0n) is 68.3. The molecule has 3 aromatic rings. The summed E-state index contributed by atoms with van der Waals surface area (Å²) in [6.45, 7) is 60.5. The van der Waals surface area contributed by atoms with Gasteiger partial charge in [-0.05, 0) is 192 Å². The van der Waals surface area contributed by atoms with Gasteiger partial charge in [0.2, 0.25) is 0 Å². The molecule has 104 heavy (non-hydrogen) atoms. The van der Waals surface area contributed by atoms with Gasteiger partial charge < -0.3 is 55.6 Å². The Hall–Kier alpha value is -5.95. The molecule has 3 aromatic carbocycles. The van der Waals surface area contributed by atoms with E-state index in [1.807, 2.05) is 0 Å². The van der Waals surface area contributed by atoms with E-state index in [-0.39, 0.29) is 95.6 Å². The van der Waals surface area contributed by atoms with E-state index in [2.05, 4.69) is 210 Å². The van der Waals surface area contributed by atoms with Crippen LogP contribution in [-0.4, -0.2) is 145 Å². The fourth-order valence-corrected chi connectivity index (χ4v) is 15.4. The molecule has 0 aromatic heterocycles. The topological polar surface area (TPSA) is 179 Å². The molecule has 0 spiro atoms. The number of carbonyl (C=O) groups is 4. The lowest BCUT2D eigenvalue weighted by atomic mass is 9.79. The van der Waals surface area contributed by atoms with Gasteiger partial charge in [0.05, 0.1) is 103 Å². The number of fused-ring (bicyclic) bond motifs is 8. The molecule has 2 aliphatic carbocycles. The summed E-state index contributed by atoms with van der Waals surface area (Å²) >= 11 is 0. The fourth-order valence-electron chi connectivity index (χ4n) is 11.5. The number of rotatable bonds is 36. The molecule has 0 amide bonds. The van der Waals surface area contributed by atoms with Gasteiger partial charge >= 0.3 is 23.9 Å². The highest BCUT2D eigenvalue weighted by Gasteiger charge is 2.41. The third-order valence-electron chi connectivity index (χ3n) is 22.1. The fraction of sp³-hybridized carbons (Fsp3) is 0.595. The van der Waals surface area contributed by atoms with E-state index in [4.69, 9.17) is 55.6 Å². The zero-order valence-corrected chi connectivity index (χ0v) is 72.3. The second-order valence-corrected chi connectivity index (χ2v) is 53.7. The van der Waals surface area contributed by atoms with Crippen molar-refractivity contribution in [2.45, 2.75) is 239 Å². The summed E-state index contributed by atoms with van der Waals surface area (Å²) in [5, 5.41) is -0.133. The first-order valence-electron chi connectivity index (χ1n) is 37.2. The third-order valence-corrected chi connectivity index (χ3v) is 40.0. The average Bonchev–Trinajstić information content (AvgIpc) is 0.773. The number of hydrogen-bond acceptors (Lipinski definition) is 16. The van der Waals surface area contributed by atoms with Crippen LogP contribution in [0.25, 0.3) is 0 Å². The first kappa shape index (κ1) is 88.7. The average molecular weight is 1510 g/mol. The van der Waals surface area contributed by atoms with Gasteiger partial charge in [-0.25, -0.2) is 19.2 Å². The molecule has 0 fully saturated rings. The molecule has 0 radical (unpaired) electrons. The SMILES string of the molecule is C=C(CO[Si](C)(C)C(C)(C)C)C(=O)OCCCC1=CC2Cc3cc(CCCOC(=O)C(=C)CO[Si](C)(C)C(C)(C)C)cc(c3OC)Cc3cc(CCCOC(=O)C(=C)CO[Si](C)(C)C(C)(C)C)cc(c3OC)Cc3cc(CCCOC(=O)C(=C)CO[Si](C)(C)C(C)(C)C)cc(c3OC)CC(=C1)C2OC. The monoisotopic (exact) mass is 1510 g/mol. The molecule has 2 unspecified atom stereocenters. The Bertz CT molecular complexity index is 3600. The van der Waals surface area contributed by atoms with Crippen LogP contribution in [0.2, 0.25) is 72.5 Å². The number of allylic oxidation sites excluding steroid dienone is 2. The molecule has 8 bridgehead atoms. The van der Waals surface area contributed by atoms with E-state index in [1.165, 1.54) is 0 Å². The standard InChI is InChI=1S/C84H130O16Si4/c1-57(53-97-101(21,22)81(5,6)7)77(85)93-37-29-33-61-41-65-49-67-43-62(34-30-38-94-78(86)58(2)54-98-102(23,24)82(8,9)10)45-69(74(67)90-18)51-71-47-64(36-32-40-96-80(88)60(4)56-100-104(27,28)84(14,15)16)48-72(76(71)92-20)52-70-46-63(44-68(75(70)91-19)50-66(42-61)73(65)89-17)35-31-39-95-79(87)59(3)55-99-103(25,26)83(11,12)13/h41-48,65,73H,1-4,29-40,49-56H2,5-28H3. The highest BCUT2D eigenvalue weighted by molar-refractivity contribution is 6.75. The summed E-state index contributed by atoms with van der Waals surface area (Å²) in [4.78, 5) is 53.7. The van der Waals surface area contributed by atoms with Crippen molar-refractivity contribution in [3.8, 4) is 17.2 Å². The first-order chi connectivity index (χ1) is 48.2. The molecule has 2 aliphatic rings. The molecule has 16 nitrogen and oxygen atoms in total. The van der Waals surface area contributed by atoms with Gasteiger partial charge in [0, 0.05) is 25.9 Å². The highest BCUT2D eigenvalue weighted by atomic mass is 28.4. The second-order valence-electron chi connectivity index (χ2n) is 34.4. The maximum atomic E-state index is 13.4. The van der Waals surface area contributed by atoms with Gasteiger partial charge in [-0.3, -0.25) is 0 Å². The molecule has 0 saturated carbocycles. The number of benzene rings is 3. The molecule has 578 valence electrons. The highest BCUT2D eigenvalue weighted by Crippen LogP contribution is 2.44. The van der Waals surface area contributed by atoms with Crippen LogP contribution in [0.5, 0.6) is 17.2 Å². The predicted molar refractivity (Wildman–Crippen MR) is 430 cm³/mol. The Kier molecular flexibility index (Phi) is 32.2. The minimum atomic E-state index is -2.15. The van der Waals surface area contributed by atoms with Crippen LogP contribution >= 0.6 is 0 Å². The second kappa shape index (κ2) is 37.7. The van der Waals surface area contributed by atoms with E-state index >= 15 is 0 Å². The van der Waals surface area contributed by atoms with Crippen LogP contribution in [0.4, 0.5) is 0 Å². The Balaban J connectivity index is 1.63. The smallest absolute Gasteiger partial charge is 0.335 e. The first-order valence-corrected chi connectivity index (χ1v) is 48.8. The molecule has 20 heteroatoms. The Morgan fingerprint density at radius 2 is 0.654 bits per heavy atom. The molecule has 5 rings (SSSR count). The number of carbonyl (C=O) groups excluding carboxylic acids is 4. The van der Waals surface area contributed by atoms with Crippen molar-refractivity contribution in [1.82, 2.24) is 0 Å². The van der Waals surface area contributed by atoms with Crippen LogP contribution < -0.4 is 14.2 Å². The molecule has 2 atom stereocenters. The lowest BCUT2D eigenvalue weighted by Gasteiger charge is -2.36. The van der Waals surface area contributed by atoms with Gasteiger partial charge in [0.25, 0.3) is 0 Å². The molecular weight excluding hydrogens is 1380 g/mol. The van der Waals surface area contributed by atoms with Crippen LogP contribution in [0.3, 0.4) is 0 Å². The van der Waals surface area contributed by atoms with Crippen molar-refractivity contribution in [3.05, 3.63) is 158 Å². The number of methoxy groups -OCH3 is 4. The summed E-state index contributed by atoms with van der Waals surface area (Å²) in [6, 6.07) is 13.2. The van der Waals surface area contributed by atoms with Crippen molar-refractivity contribution in [2.75, 3.05) is 81.3 Å². The lowest BCUT2D eigenvalue weighted by molar-refractivity contribution is -0.140. The van der Waals surface area contributed by atoms with Crippen molar-refractivity contribution in [1.29, 1.82) is 0 Å². The maximum absolute atomic E-state index is 13.4. The van der Waals surface area contributed by atoms with Crippen molar-refractivity contribution >= 4 is 57.1 Å². The van der Waals surface area contributed by atoms with E-state index in [0.717, 1.165) is 72.7 Å². The predicted octanol–water partition coefficient (Wildman–Crippen LogP) is 18.6. The number of aryl methyl sites for hydroxylation is 3. The van der Waals surface area contributed by atoms with Crippen molar-refractivity contribution < 1.29 is 74.8 Å². The van der Waals surface area contributed by atoms with Crippen LogP contribution in [0, 0.1) is 5.92 Å². The van der Waals surface area contributed by atoms with Gasteiger partial charge in [-0.1, -0.05) is 164 Å². The summed E-state index contributed by atoms with van der Waals surface area (Å²) in [6.07, 6.45) is 10.4. The Morgan fingerprint density at radius 1 is 0.394 bits per heavy atom. The van der Waals surface area contributed by atoms with Gasteiger partial charge in [0.1, 0.15) is 17.2 Å². The third kappa shape index (κ3) is 25.1. The van der Waals surface area contributed by atoms with E-state index in [1.54, 1.807) is 28.4 Å². The van der Waals surface area contributed by atoms with Crippen molar-refractivity contribution in [2.24, 2.45) is 5.92 Å². The lowest BCUT2D eigenvalue weighted by Crippen LogP contribution is -2.41. The summed E-state index contributed by atoms with van der Waals surface area (Å²) in [5.41, 5.74) is 12.0. The molecule has 0 saturated heterocycles. The van der Waals surface area contributed by atoms with Gasteiger partial charge in [-0.2, -0.15) is 0 Å². The normalized spacial score (nSPS) is 15.4. The maximum Gasteiger partial charge on any atom is 0.335 e. The van der Waals surface area contributed by atoms with E-state index < -0.39 is 63.3 Å². The molecule has 0 heterocycles.